The molecule has 1 aromatic carbocycles. The van der Waals surface area contributed by atoms with Gasteiger partial charge >= 0.3 is 0 Å². The third-order valence-corrected chi connectivity index (χ3v) is 5.18. The predicted molar refractivity (Wildman–Crippen MR) is 84.4 cm³/mol. The maximum absolute atomic E-state index is 12.4. The first-order valence-electron chi connectivity index (χ1n) is 7.13. The maximum Gasteiger partial charge on any atom is 0.252 e. The van der Waals surface area contributed by atoms with Crippen LogP contribution in [0.2, 0.25) is 0 Å². The summed E-state index contributed by atoms with van der Waals surface area (Å²) in [5, 5.41) is 9.52. The van der Waals surface area contributed by atoms with Crippen LogP contribution in [0.5, 0.6) is 0 Å². The molecule has 3 rings (SSSR count). The summed E-state index contributed by atoms with van der Waals surface area (Å²) >= 11 is 1.63. The molecule has 0 spiro atoms. The Kier molecular flexibility index (Phi) is 3.76. The first kappa shape index (κ1) is 13.6. The number of benzene rings is 1. The molecule has 3 nitrogen and oxygen atoms in total. The summed E-state index contributed by atoms with van der Waals surface area (Å²) in [5.41, 5.74) is 1.04. The second-order valence-corrected chi connectivity index (χ2v) is 6.80. The number of rotatable bonds is 3. The molecule has 0 atom stereocenters. The highest BCUT2D eigenvalue weighted by atomic mass is 32.1. The van der Waals surface area contributed by atoms with E-state index in [9.17, 15) is 4.79 Å². The van der Waals surface area contributed by atoms with E-state index in [1.54, 1.807) is 11.3 Å². The number of nitrogens with one attached hydrogen (secondary N) is 2. The van der Waals surface area contributed by atoms with Gasteiger partial charge in [0.05, 0.1) is 5.56 Å². The van der Waals surface area contributed by atoms with Gasteiger partial charge in [0.25, 0.3) is 5.91 Å². The molecule has 1 aliphatic rings. The van der Waals surface area contributed by atoms with Gasteiger partial charge in [-0.05, 0) is 37.4 Å². The van der Waals surface area contributed by atoms with Gasteiger partial charge in [-0.15, -0.1) is 11.3 Å². The van der Waals surface area contributed by atoms with Crippen LogP contribution in [0.4, 0.5) is 0 Å². The summed E-state index contributed by atoms with van der Waals surface area (Å²) in [6.07, 6.45) is 2.25. The van der Waals surface area contributed by atoms with Crippen LogP contribution in [0.3, 0.4) is 0 Å². The number of hydrogen-bond donors (Lipinski definition) is 2. The Balaban J connectivity index is 1.70. The van der Waals surface area contributed by atoms with Crippen molar-refractivity contribution < 1.29 is 4.79 Å². The fraction of sp³-hybridized carbons (Fsp3) is 0.438. The molecule has 2 heterocycles. The summed E-state index contributed by atoms with van der Waals surface area (Å²) in [4.78, 5) is 12.4. The Morgan fingerprint density at radius 1 is 1.35 bits per heavy atom. The number of thiophene rings is 1. The second kappa shape index (κ2) is 5.54. The third kappa shape index (κ3) is 2.72. The first-order chi connectivity index (χ1) is 9.68. The molecule has 1 saturated heterocycles. The summed E-state index contributed by atoms with van der Waals surface area (Å²) in [7, 11) is 0. The van der Waals surface area contributed by atoms with Gasteiger partial charge < -0.3 is 10.6 Å². The molecule has 1 aromatic heterocycles. The molecule has 4 heteroatoms. The Morgan fingerprint density at radius 3 is 2.90 bits per heavy atom. The van der Waals surface area contributed by atoms with Gasteiger partial charge in [0.15, 0.2) is 0 Å². The summed E-state index contributed by atoms with van der Waals surface area (Å²) in [6, 6.07) is 8.08. The van der Waals surface area contributed by atoms with Gasteiger partial charge in [0, 0.05) is 22.0 Å². The van der Waals surface area contributed by atoms with Crippen molar-refractivity contribution in [2.45, 2.75) is 19.8 Å². The average molecular weight is 288 g/mol. The van der Waals surface area contributed by atoms with E-state index in [4.69, 9.17) is 0 Å². The van der Waals surface area contributed by atoms with Crippen molar-refractivity contribution in [3.05, 3.63) is 35.2 Å². The smallest absolute Gasteiger partial charge is 0.252 e. The minimum atomic E-state index is 0.0576. The Hall–Kier alpha value is -1.39. The number of carbonyl (C=O) groups excluding carboxylic acids is 1. The van der Waals surface area contributed by atoms with Crippen LogP contribution in [0.15, 0.2) is 29.6 Å². The van der Waals surface area contributed by atoms with Gasteiger partial charge in [-0.25, -0.2) is 0 Å². The van der Waals surface area contributed by atoms with Gasteiger partial charge in [0.2, 0.25) is 0 Å². The molecule has 0 radical (unpaired) electrons. The molecule has 20 heavy (non-hydrogen) atoms. The van der Waals surface area contributed by atoms with E-state index >= 15 is 0 Å². The van der Waals surface area contributed by atoms with E-state index in [-0.39, 0.29) is 11.3 Å². The lowest BCUT2D eigenvalue weighted by Crippen LogP contribution is -2.42. The lowest BCUT2D eigenvalue weighted by atomic mass is 9.81. The van der Waals surface area contributed by atoms with Gasteiger partial charge in [-0.3, -0.25) is 4.79 Å². The molecule has 1 fully saturated rings. The number of amides is 1. The van der Waals surface area contributed by atoms with Crippen LogP contribution in [0.25, 0.3) is 10.1 Å². The largest absolute Gasteiger partial charge is 0.351 e. The number of hydrogen-bond acceptors (Lipinski definition) is 3. The lowest BCUT2D eigenvalue weighted by Gasteiger charge is -2.34. The SMILES string of the molecule is CC1(CNC(=O)c2csc3ccccc23)CCNCC1. The van der Waals surface area contributed by atoms with Crippen molar-refractivity contribution in [3.63, 3.8) is 0 Å². The number of carbonyl (C=O) groups is 1. The monoisotopic (exact) mass is 288 g/mol. The van der Waals surface area contributed by atoms with E-state index in [0.717, 1.165) is 43.4 Å². The van der Waals surface area contributed by atoms with Crippen molar-refractivity contribution in [2.75, 3.05) is 19.6 Å². The highest BCUT2D eigenvalue weighted by Gasteiger charge is 2.27. The van der Waals surface area contributed by atoms with E-state index in [1.807, 2.05) is 23.6 Å². The zero-order valence-corrected chi connectivity index (χ0v) is 12.6. The van der Waals surface area contributed by atoms with Crippen LogP contribution in [-0.4, -0.2) is 25.5 Å². The maximum atomic E-state index is 12.4. The number of piperidine rings is 1. The molecular formula is C16H20N2OS. The van der Waals surface area contributed by atoms with Crippen LogP contribution in [-0.2, 0) is 0 Å². The van der Waals surface area contributed by atoms with E-state index in [2.05, 4.69) is 23.6 Å². The Morgan fingerprint density at radius 2 is 2.10 bits per heavy atom. The summed E-state index contributed by atoms with van der Waals surface area (Å²) in [5.74, 6) is 0.0576. The second-order valence-electron chi connectivity index (χ2n) is 5.89. The van der Waals surface area contributed by atoms with Crippen molar-refractivity contribution in [2.24, 2.45) is 5.41 Å². The number of fused-ring (bicyclic) bond motifs is 1. The molecule has 0 unspecified atom stereocenters. The summed E-state index contributed by atoms with van der Waals surface area (Å²) < 4.78 is 1.17. The topological polar surface area (TPSA) is 41.1 Å². The zero-order valence-electron chi connectivity index (χ0n) is 11.7. The Bertz CT molecular complexity index is 614. The predicted octanol–water partition coefficient (Wildman–Crippen LogP) is 3.02. The lowest BCUT2D eigenvalue weighted by molar-refractivity contribution is 0.0924. The molecule has 0 aliphatic carbocycles. The van der Waals surface area contributed by atoms with E-state index < -0.39 is 0 Å². The standard InChI is InChI=1S/C16H20N2OS/c1-16(6-8-17-9-7-16)11-18-15(19)13-10-20-14-5-3-2-4-12(13)14/h2-5,10,17H,6-9,11H2,1H3,(H,18,19). The fourth-order valence-corrected chi connectivity index (χ4v) is 3.69. The molecular weight excluding hydrogens is 268 g/mol. The quantitative estimate of drug-likeness (QED) is 0.911. The molecule has 0 saturated carbocycles. The first-order valence-corrected chi connectivity index (χ1v) is 8.01. The minimum Gasteiger partial charge on any atom is -0.351 e. The molecule has 2 N–H and O–H groups in total. The van der Waals surface area contributed by atoms with E-state index in [1.165, 1.54) is 4.70 Å². The van der Waals surface area contributed by atoms with Crippen LogP contribution in [0.1, 0.15) is 30.1 Å². The third-order valence-electron chi connectivity index (χ3n) is 4.21. The molecule has 2 aromatic rings. The fourth-order valence-electron chi connectivity index (χ4n) is 2.75. The highest BCUT2D eigenvalue weighted by molar-refractivity contribution is 7.17. The van der Waals surface area contributed by atoms with Crippen molar-refractivity contribution in [1.29, 1.82) is 0 Å². The van der Waals surface area contributed by atoms with E-state index in [0.29, 0.717) is 0 Å². The molecule has 1 aliphatic heterocycles. The highest BCUT2D eigenvalue weighted by Crippen LogP contribution is 2.28. The van der Waals surface area contributed by atoms with Crippen molar-refractivity contribution in [1.82, 2.24) is 10.6 Å². The average Bonchev–Trinajstić information content (AvgIpc) is 2.90. The Labute approximate surface area is 123 Å². The van der Waals surface area contributed by atoms with Gasteiger partial charge in [-0.1, -0.05) is 25.1 Å². The van der Waals surface area contributed by atoms with Gasteiger partial charge in [0.1, 0.15) is 0 Å². The van der Waals surface area contributed by atoms with Crippen LogP contribution >= 0.6 is 11.3 Å². The van der Waals surface area contributed by atoms with Crippen LogP contribution in [0, 0.1) is 5.41 Å². The van der Waals surface area contributed by atoms with Gasteiger partial charge in [-0.2, -0.15) is 0 Å². The normalized spacial score (nSPS) is 18.1. The zero-order chi connectivity index (χ0) is 14.0. The van der Waals surface area contributed by atoms with Crippen LogP contribution < -0.4 is 10.6 Å². The minimum absolute atomic E-state index is 0.0576. The summed E-state index contributed by atoms with van der Waals surface area (Å²) in [6.45, 7) is 5.12. The molecule has 1 amide bonds. The van der Waals surface area contributed by atoms with Crippen molar-refractivity contribution >= 4 is 27.3 Å². The molecule has 0 bridgehead atoms. The van der Waals surface area contributed by atoms with Crippen molar-refractivity contribution in [3.8, 4) is 0 Å². The molecule has 106 valence electrons.